The Balaban J connectivity index is 0.000000270. The minimum absolute atomic E-state index is 0. The molecular formula is C66H91Cl2N5O8. The van der Waals surface area contributed by atoms with Crippen LogP contribution >= 0.6 is 24.8 Å². The fourth-order valence-electron chi connectivity index (χ4n) is 11.7. The van der Waals surface area contributed by atoms with E-state index in [-0.39, 0.29) is 46.8 Å². The van der Waals surface area contributed by atoms with E-state index in [0.29, 0.717) is 39.8 Å². The van der Waals surface area contributed by atoms with E-state index in [0.717, 1.165) is 64.8 Å². The number of aromatic hydroxyl groups is 1. The quantitative estimate of drug-likeness (QED) is 0.0809. The molecule has 3 aliphatic heterocycles. The van der Waals surface area contributed by atoms with Crippen LogP contribution in [0.2, 0.25) is 0 Å². The van der Waals surface area contributed by atoms with Gasteiger partial charge in [0.1, 0.15) is 22.8 Å². The number of anilines is 2. The number of hydrogen-bond donors (Lipinski definition) is 3. The first kappa shape index (κ1) is 67.5. The fraction of sp³-hybridized carbons (Fsp3) is 0.485. The number of carbonyl (C=O) groups is 4. The lowest BCUT2D eigenvalue weighted by atomic mass is 9.74. The van der Waals surface area contributed by atoms with Gasteiger partial charge < -0.3 is 34.0 Å². The minimum atomic E-state index is -0.569. The van der Waals surface area contributed by atoms with Crippen LogP contribution in [0.5, 0.6) is 17.2 Å². The van der Waals surface area contributed by atoms with Crippen molar-refractivity contribution >= 4 is 60.1 Å². The third kappa shape index (κ3) is 19.9. The van der Waals surface area contributed by atoms with Crippen molar-refractivity contribution in [1.29, 1.82) is 0 Å². The third-order valence-corrected chi connectivity index (χ3v) is 16.2. The van der Waals surface area contributed by atoms with Crippen LogP contribution in [0.4, 0.5) is 21.0 Å². The van der Waals surface area contributed by atoms with Gasteiger partial charge in [-0.2, -0.15) is 0 Å². The Morgan fingerprint density at radius 3 is 1.22 bits per heavy atom. The van der Waals surface area contributed by atoms with Crippen LogP contribution in [-0.2, 0) is 21.0 Å². The molecule has 442 valence electrons. The summed E-state index contributed by atoms with van der Waals surface area (Å²) in [7, 11) is 6.57. The monoisotopic (exact) mass is 1150 g/mol. The number of nitrogens with zero attached hydrogens (tertiary/aromatic N) is 3. The highest BCUT2D eigenvalue weighted by Gasteiger charge is 2.36. The predicted octanol–water partition coefficient (Wildman–Crippen LogP) is 15.3. The SMILES string of the molecule is CCC1(c2cccc(O)c2)CCCCN(C)C1.CCC1(c2cccc(OC(=O)Nc3ccc(C(=O)OC(C)(C)C)cc3)c2)CCCCN(C)C1.CCC1(c2cccc(OC(=O)Nc3ccc(C(C)=O)cc3)c2)CCCCN(C)C1.Cl.Cl. The van der Waals surface area contributed by atoms with Gasteiger partial charge in [-0.1, -0.05) is 76.4 Å². The Morgan fingerprint density at radius 1 is 0.519 bits per heavy atom. The number of carbonyl (C=O) groups excluding carboxylic acids is 4. The van der Waals surface area contributed by atoms with Gasteiger partial charge >= 0.3 is 18.2 Å². The van der Waals surface area contributed by atoms with Gasteiger partial charge in [0, 0.05) is 52.8 Å². The summed E-state index contributed by atoms with van der Waals surface area (Å²) in [6.45, 7) is 20.3. The molecule has 0 spiro atoms. The number of Topliss-reactive ketones (excluding diaryl/α,β-unsaturated/α-hetero) is 1. The molecule has 3 aliphatic rings. The number of likely N-dealkylation sites (N-methyl/N-ethyl adjacent to an activating group) is 3. The van der Waals surface area contributed by atoms with E-state index in [1.807, 2.05) is 63.2 Å². The van der Waals surface area contributed by atoms with Crippen molar-refractivity contribution in [3.05, 3.63) is 149 Å². The molecule has 15 heteroatoms. The Bertz CT molecular complexity index is 2790. The number of rotatable bonds is 12. The molecule has 5 aromatic carbocycles. The van der Waals surface area contributed by atoms with Crippen molar-refractivity contribution in [3.63, 3.8) is 0 Å². The van der Waals surface area contributed by atoms with Crippen molar-refractivity contribution < 1.29 is 38.5 Å². The van der Waals surface area contributed by atoms with E-state index < -0.39 is 23.8 Å². The fourth-order valence-corrected chi connectivity index (χ4v) is 11.7. The van der Waals surface area contributed by atoms with Crippen LogP contribution in [0.25, 0.3) is 0 Å². The van der Waals surface area contributed by atoms with E-state index in [1.54, 1.807) is 60.7 Å². The molecule has 3 N–H and O–H groups in total. The molecule has 0 aliphatic carbocycles. The number of nitrogens with one attached hydrogen (secondary N) is 2. The van der Waals surface area contributed by atoms with Crippen molar-refractivity contribution in [2.45, 2.75) is 147 Å². The smallest absolute Gasteiger partial charge is 0.417 e. The molecule has 3 fully saturated rings. The lowest BCUT2D eigenvalue weighted by molar-refractivity contribution is 0.00692. The Hall–Kier alpha value is -5.96. The molecular weight excluding hydrogens is 1060 g/mol. The average Bonchev–Trinajstić information content (AvgIpc) is 3.88. The van der Waals surface area contributed by atoms with Crippen molar-refractivity contribution in [2.75, 3.05) is 71.0 Å². The molecule has 0 radical (unpaired) electrons. The summed E-state index contributed by atoms with van der Waals surface area (Å²) in [5.74, 6) is 1.05. The highest BCUT2D eigenvalue weighted by atomic mass is 35.5. The Kier molecular flexibility index (Phi) is 26.2. The Labute approximate surface area is 495 Å². The maximum absolute atomic E-state index is 12.5. The van der Waals surface area contributed by atoms with Gasteiger partial charge in [-0.05, 0) is 228 Å². The summed E-state index contributed by atoms with van der Waals surface area (Å²) in [4.78, 5) is 55.6. The number of halogens is 2. The number of ether oxygens (including phenoxy) is 3. The van der Waals surface area contributed by atoms with Gasteiger partial charge in [0.2, 0.25) is 0 Å². The largest absolute Gasteiger partial charge is 0.508 e. The molecule has 13 nitrogen and oxygen atoms in total. The zero-order valence-corrected chi connectivity index (χ0v) is 51.4. The molecule has 0 saturated carbocycles. The van der Waals surface area contributed by atoms with Gasteiger partial charge in [0.25, 0.3) is 0 Å². The summed E-state index contributed by atoms with van der Waals surface area (Å²) >= 11 is 0. The van der Waals surface area contributed by atoms with E-state index in [1.165, 1.54) is 75.1 Å². The third-order valence-electron chi connectivity index (χ3n) is 16.2. The summed E-state index contributed by atoms with van der Waals surface area (Å²) < 4.78 is 16.5. The number of amides is 2. The number of ketones is 1. The van der Waals surface area contributed by atoms with Crippen molar-refractivity contribution in [3.8, 4) is 17.2 Å². The first-order chi connectivity index (χ1) is 37.7. The van der Waals surface area contributed by atoms with Crippen molar-refractivity contribution in [1.82, 2.24) is 14.7 Å². The van der Waals surface area contributed by atoms with E-state index >= 15 is 0 Å². The number of benzene rings is 5. The normalized spacial score (nSPS) is 20.7. The highest BCUT2D eigenvalue weighted by Crippen LogP contribution is 2.40. The van der Waals surface area contributed by atoms with Crippen LogP contribution in [0.15, 0.2) is 121 Å². The maximum atomic E-state index is 12.5. The molecule has 8 rings (SSSR count). The molecule has 0 aromatic heterocycles. The van der Waals surface area contributed by atoms with Crippen LogP contribution in [0.1, 0.15) is 163 Å². The van der Waals surface area contributed by atoms with Crippen LogP contribution in [-0.4, -0.2) is 110 Å². The second-order valence-corrected chi connectivity index (χ2v) is 23.3. The van der Waals surface area contributed by atoms with Gasteiger partial charge in [-0.3, -0.25) is 15.4 Å². The number of phenols is 1. The number of phenolic OH excluding ortho intramolecular Hbond substituents is 1. The highest BCUT2D eigenvalue weighted by molar-refractivity contribution is 5.95. The minimum Gasteiger partial charge on any atom is -0.508 e. The van der Waals surface area contributed by atoms with Gasteiger partial charge in [-0.25, -0.2) is 14.4 Å². The molecule has 3 atom stereocenters. The summed E-state index contributed by atoms with van der Waals surface area (Å²) in [6, 6.07) is 37.0. The van der Waals surface area contributed by atoms with Crippen molar-refractivity contribution in [2.24, 2.45) is 0 Å². The number of esters is 1. The molecule has 2 amide bonds. The van der Waals surface area contributed by atoms with E-state index in [9.17, 15) is 24.3 Å². The van der Waals surface area contributed by atoms with Crippen LogP contribution in [0.3, 0.4) is 0 Å². The van der Waals surface area contributed by atoms with Crippen LogP contribution in [0, 0.1) is 0 Å². The standard InChI is InChI=1S/C27H36N2O4.C24H30N2O3.C15H23NO.2ClH/c1-6-27(16-7-8-17-29(5)19-27)21-10-9-11-23(18-21)32-25(31)28-22-14-12-20(13-15-22)24(30)33-26(2,3)4;1-4-24(14-5-6-15-26(3)17-24)20-8-7-9-22(16-20)29-23(28)25-21-12-10-19(11-13-21)18(2)27;1-3-15(9-4-5-10-16(2)12-15)13-7-6-8-14(17)11-13;;/h9-15,18H,6-8,16-17,19H2,1-5H3,(H,28,31);7-13,16H,4-6,14-15,17H2,1-3H3,(H,25,28);6-8,11,17H,3-5,9-10,12H2,1-2H3;2*1H. The summed E-state index contributed by atoms with van der Waals surface area (Å²) in [6.07, 6.45) is 13.0. The Morgan fingerprint density at radius 2 is 0.877 bits per heavy atom. The molecule has 0 bridgehead atoms. The number of hydrogen-bond acceptors (Lipinski definition) is 11. The zero-order chi connectivity index (χ0) is 57.2. The molecule has 3 saturated heterocycles. The second kappa shape index (κ2) is 31.5. The molecule has 3 heterocycles. The molecule has 81 heavy (non-hydrogen) atoms. The lowest BCUT2D eigenvalue weighted by Gasteiger charge is -2.35. The lowest BCUT2D eigenvalue weighted by Crippen LogP contribution is -2.37. The zero-order valence-electron chi connectivity index (χ0n) is 49.7. The van der Waals surface area contributed by atoms with E-state index in [4.69, 9.17) is 14.2 Å². The average molecular weight is 1150 g/mol. The predicted molar refractivity (Wildman–Crippen MR) is 333 cm³/mol. The van der Waals surface area contributed by atoms with Gasteiger partial charge in [0.15, 0.2) is 5.78 Å². The van der Waals surface area contributed by atoms with Gasteiger partial charge in [-0.15, -0.1) is 24.8 Å². The number of likely N-dealkylation sites (tertiary alicyclic amines) is 3. The van der Waals surface area contributed by atoms with Crippen LogP contribution < -0.4 is 20.1 Å². The summed E-state index contributed by atoms with van der Waals surface area (Å²) in [5.41, 5.74) is 5.72. The van der Waals surface area contributed by atoms with Gasteiger partial charge in [0.05, 0.1) is 5.56 Å². The first-order valence-electron chi connectivity index (χ1n) is 28.7. The summed E-state index contributed by atoms with van der Waals surface area (Å²) in [5, 5.41) is 15.1. The molecule has 5 aromatic rings. The molecule has 3 unspecified atom stereocenters. The topological polar surface area (TPSA) is 150 Å². The first-order valence-corrected chi connectivity index (χ1v) is 28.7. The second-order valence-electron chi connectivity index (χ2n) is 23.3. The van der Waals surface area contributed by atoms with E-state index in [2.05, 4.69) is 85.4 Å². The maximum Gasteiger partial charge on any atom is 0.417 e.